The maximum atomic E-state index is 10.7. The fraction of sp³-hybridized carbons (Fsp3) is 0.583. The van der Waals surface area contributed by atoms with Crippen molar-refractivity contribution in [3.05, 3.63) is 22.2 Å². The first-order chi connectivity index (χ1) is 8.99. The average molecular weight is 265 g/mol. The van der Waals surface area contributed by atoms with Gasteiger partial charge in [-0.2, -0.15) is 0 Å². The van der Waals surface area contributed by atoms with E-state index in [1.165, 1.54) is 6.07 Å². The molecule has 0 unspecified atom stereocenters. The van der Waals surface area contributed by atoms with E-state index >= 15 is 0 Å². The smallest absolute Gasteiger partial charge is 0.311 e. The Morgan fingerprint density at radius 1 is 1.47 bits per heavy atom. The number of nitro groups is 1. The third kappa shape index (κ3) is 2.93. The summed E-state index contributed by atoms with van der Waals surface area (Å²) in [6.45, 7) is 2.11. The minimum Gasteiger partial charge on any atom is -0.378 e. The predicted molar refractivity (Wildman–Crippen MR) is 74.2 cm³/mol. The molecule has 1 fully saturated rings. The van der Waals surface area contributed by atoms with Crippen LogP contribution in [0.15, 0.2) is 12.1 Å². The first-order valence-corrected chi connectivity index (χ1v) is 6.31. The third-order valence-corrected chi connectivity index (χ3v) is 3.68. The Hall–Kier alpha value is -1.89. The van der Waals surface area contributed by atoms with Crippen LogP contribution < -0.4 is 10.6 Å². The summed E-state index contributed by atoms with van der Waals surface area (Å²) >= 11 is 0. The van der Waals surface area contributed by atoms with E-state index in [0.29, 0.717) is 11.9 Å². The van der Waals surface area contributed by atoms with E-state index in [0.717, 1.165) is 25.9 Å². The molecule has 1 saturated heterocycles. The Bertz CT molecular complexity index is 471. The van der Waals surface area contributed by atoms with E-state index in [4.69, 9.17) is 5.73 Å². The summed E-state index contributed by atoms with van der Waals surface area (Å²) in [6, 6.07) is 3.49. The third-order valence-electron chi connectivity index (χ3n) is 3.68. The number of nitrogen functional groups attached to an aromatic ring is 1. The van der Waals surface area contributed by atoms with E-state index < -0.39 is 4.92 Å². The van der Waals surface area contributed by atoms with E-state index in [1.54, 1.807) is 6.07 Å². The van der Waals surface area contributed by atoms with Crippen LogP contribution in [-0.2, 0) is 0 Å². The van der Waals surface area contributed by atoms with Gasteiger partial charge in [0.15, 0.2) is 0 Å². The molecule has 0 radical (unpaired) electrons. The molecular weight excluding hydrogens is 246 g/mol. The van der Waals surface area contributed by atoms with Crippen molar-refractivity contribution in [1.82, 2.24) is 9.88 Å². The summed E-state index contributed by atoms with van der Waals surface area (Å²) in [5, 5.41) is 10.7. The molecule has 0 bridgehead atoms. The van der Waals surface area contributed by atoms with Crippen LogP contribution in [0.5, 0.6) is 0 Å². The van der Waals surface area contributed by atoms with E-state index in [9.17, 15) is 10.1 Å². The van der Waals surface area contributed by atoms with Crippen molar-refractivity contribution < 1.29 is 4.92 Å². The molecule has 2 rings (SSSR count). The van der Waals surface area contributed by atoms with Crippen molar-refractivity contribution in [2.24, 2.45) is 0 Å². The van der Waals surface area contributed by atoms with Crippen LogP contribution in [0.1, 0.15) is 12.8 Å². The molecule has 19 heavy (non-hydrogen) atoms. The first-order valence-electron chi connectivity index (χ1n) is 6.31. The van der Waals surface area contributed by atoms with Gasteiger partial charge >= 0.3 is 5.69 Å². The van der Waals surface area contributed by atoms with Gasteiger partial charge in [-0.25, -0.2) is 4.98 Å². The highest BCUT2D eigenvalue weighted by Gasteiger charge is 2.23. The molecule has 2 heterocycles. The predicted octanol–water partition coefficient (Wildman–Crippen LogP) is 1.10. The molecule has 0 spiro atoms. The molecule has 0 amide bonds. The SMILES string of the molecule is CN1CCC(N(C)c2ccc([N+](=O)[O-])c(N)n2)CC1. The maximum absolute atomic E-state index is 10.7. The number of aromatic nitrogens is 1. The maximum Gasteiger partial charge on any atom is 0.311 e. The molecule has 1 aromatic heterocycles. The Labute approximate surface area is 112 Å². The molecule has 1 aliphatic rings. The Balaban J connectivity index is 2.13. The Morgan fingerprint density at radius 2 is 2.11 bits per heavy atom. The van der Waals surface area contributed by atoms with Crippen molar-refractivity contribution in [2.45, 2.75) is 18.9 Å². The zero-order valence-corrected chi connectivity index (χ0v) is 11.2. The van der Waals surface area contributed by atoms with Gasteiger partial charge in [0.2, 0.25) is 5.82 Å². The Morgan fingerprint density at radius 3 is 2.63 bits per heavy atom. The number of rotatable bonds is 3. The molecule has 1 aliphatic heterocycles. The van der Waals surface area contributed by atoms with Gasteiger partial charge in [-0.3, -0.25) is 10.1 Å². The highest BCUT2D eigenvalue weighted by atomic mass is 16.6. The van der Waals surface area contributed by atoms with Crippen LogP contribution >= 0.6 is 0 Å². The molecular formula is C12H19N5O2. The Kier molecular flexibility index (Phi) is 3.84. The van der Waals surface area contributed by atoms with Gasteiger partial charge < -0.3 is 15.5 Å². The van der Waals surface area contributed by atoms with Crippen LogP contribution in [0.25, 0.3) is 0 Å². The van der Waals surface area contributed by atoms with Gasteiger partial charge in [-0.05, 0) is 39.0 Å². The number of likely N-dealkylation sites (tertiary alicyclic amines) is 1. The van der Waals surface area contributed by atoms with Crippen molar-refractivity contribution in [3.63, 3.8) is 0 Å². The van der Waals surface area contributed by atoms with Gasteiger partial charge in [0.25, 0.3) is 0 Å². The van der Waals surface area contributed by atoms with Crippen LogP contribution in [0.3, 0.4) is 0 Å². The van der Waals surface area contributed by atoms with Gasteiger partial charge in [-0.1, -0.05) is 0 Å². The lowest BCUT2D eigenvalue weighted by molar-refractivity contribution is -0.384. The van der Waals surface area contributed by atoms with Gasteiger partial charge in [0, 0.05) is 19.2 Å². The molecule has 0 aliphatic carbocycles. The van der Waals surface area contributed by atoms with Crippen molar-refractivity contribution in [3.8, 4) is 0 Å². The molecule has 7 nitrogen and oxygen atoms in total. The molecule has 2 N–H and O–H groups in total. The van der Waals surface area contributed by atoms with Crippen molar-refractivity contribution in [1.29, 1.82) is 0 Å². The van der Waals surface area contributed by atoms with Crippen LogP contribution in [-0.4, -0.2) is 48.0 Å². The largest absolute Gasteiger partial charge is 0.378 e. The summed E-state index contributed by atoms with van der Waals surface area (Å²) in [5.74, 6) is 0.667. The summed E-state index contributed by atoms with van der Waals surface area (Å²) in [7, 11) is 4.07. The second-order valence-electron chi connectivity index (χ2n) is 4.98. The fourth-order valence-electron chi connectivity index (χ4n) is 2.38. The summed E-state index contributed by atoms with van der Waals surface area (Å²) in [4.78, 5) is 18.7. The van der Waals surface area contributed by atoms with E-state index in [2.05, 4.69) is 21.8 Å². The van der Waals surface area contributed by atoms with Crippen LogP contribution in [0.2, 0.25) is 0 Å². The highest BCUT2D eigenvalue weighted by molar-refractivity contribution is 5.58. The lowest BCUT2D eigenvalue weighted by Gasteiger charge is -2.35. The number of hydrogen-bond donors (Lipinski definition) is 1. The second-order valence-corrected chi connectivity index (χ2v) is 4.98. The second kappa shape index (κ2) is 5.40. The van der Waals surface area contributed by atoms with Crippen LogP contribution in [0.4, 0.5) is 17.3 Å². The van der Waals surface area contributed by atoms with Crippen molar-refractivity contribution in [2.75, 3.05) is 37.8 Å². The number of anilines is 2. The topological polar surface area (TPSA) is 88.5 Å². The highest BCUT2D eigenvalue weighted by Crippen LogP contribution is 2.25. The minimum absolute atomic E-state index is 0.0257. The number of piperidine rings is 1. The van der Waals surface area contributed by atoms with Crippen molar-refractivity contribution >= 4 is 17.3 Å². The summed E-state index contributed by atoms with van der Waals surface area (Å²) < 4.78 is 0. The molecule has 1 aromatic rings. The monoisotopic (exact) mass is 265 g/mol. The van der Waals surface area contributed by atoms with Crippen LogP contribution in [0, 0.1) is 10.1 Å². The quantitative estimate of drug-likeness (QED) is 0.650. The fourth-order valence-corrected chi connectivity index (χ4v) is 2.38. The first kappa shape index (κ1) is 13.5. The average Bonchev–Trinajstić information content (AvgIpc) is 2.38. The molecule has 0 atom stereocenters. The lowest BCUT2D eigenvalue weighted by Crippen LogP contribution is -2.42. The van der Waals surface area contributed by atoms with Gasteiger partial charge in [-0.15, -0.1) is 0 Å². The minimum atomic E-state index is -0.512. The standard InChI is InChI=1S/C12H19N5O2/c1-15-7-5-9(6-8-15)16(2)11-4-3-10(17(18)19)12(13)14-11/h3-4,9H,5-8H2,1-2H3,(H2,13,14). The molecule has 104 valence electrons. The number of pyridine rings is 1. The number of hydrogen-bond acceptors (Lipinski definition) is 6. The normalized spacial score (nSPS) is 17.4. The number of nitrogens with two attached hydrogens (primary N) is 1. The zero-order valence-electron chi connectivity index (χ0n) is 11.2. The van der Waals surface area contributed by atoms with E-state index in [-0.39, 0.29) is 11.5 Å². The lowest BCUT2D eigenvalue weighted by atomic mass is 10.0. The zero-order chi connectivity index (χ0) is 14.0. The summed E-state index contributed by atoms with van der Waals surface area (Å²) in [6.07, 6.45) is 2.12. The number of nitrogens with zero attached hydrogens (tertiary/aromatic N) is 4. The molecule has 0 saturated carbocycles. The molecule has 0 aromatic carbocycles. The van der Waals surface area contributed by atoms with Gasteiger partial charge in [0.1, 0.15) is 5.82 Å². The van der Waals surface area contributed by atoms with Gasteiger partial charge in [0.05, 0.1) is 4.92 Å². The summed E-state index contributed by atoms with van der Waals surface area (Å²) in [5.41, 5.74) is 5.49. The van der Waals surface area contributed by atoms with E-state index in [1.807, 2.05) is 7.05 Å². The molecule has 7 heteroatoms.